The summed E-state index contributed by atoms with van der Waals surface area (Å²) >= 11 is 0. The molecule has 7 heteroatoms. The van der Waals surface area contributed by atoms with E-state index in [-0.39, 0.29) is 6.04 Å². The van der Waals surface area contributed by atoms with E-state index in [0.717, 1.165) is 21.7 Å². The number of carbonyl (C=O) groups excluding carboxylic acids is 1. The van der Waals surface area contributed by atoms with Gasteiger partial charge in [0.15, 0.2) is 0 Å². The van der Waals surface area contributed by atoms with Crippen molar-refractivity contribution in [3.8, 4) is 0 Å². The first kappa shape index (κ1) is 13.4. The third-order valence-electron chi connectivity index (χ3n) is 2.66. The molecule has 1 fully saturated rings. The highest BCUT2D eigenvalue weighted by molar-refractivity contribution is 7.87. The molecule has 0 unspecified atom stereocenters. The monoisotopic (exact) mass is 249 g/mol. The second kappa shape index (κ2) is 5.11. The van der Waals surface area contributed by atoms with Crippen molar-refractivity contribution in [3.63, 3.8) is 0 Å². The van der Waals surface area contributed by atoms with Crippen LogP contribution in [0.25, 0.3) is 0 Å². The van der Waals surface area contributed by atoms with Crippen molar-refractivity contribution < 1.29 is 13.2 Å². The summed E-state index contributed by atoms with van der Waals surface area (Å²) in [5, 5.41) is 3.14. The van der Waals surface area contributed by atoms with Crippen LogP contribution in [-0.4, -0.2) is 56.2 Å². The minimum atomic E-state index is -3.65. The molecular formula is C9H19N3O3S. The minimum absolute atomic E-state index is 0.217. The van der Waals surface area contributed by atoms with Gasteiger partial charge in [-0.2, -0.15) is 12.7 Å². The second-order valence-electron chi connectivity index (χ2n) is 4.09. The molecular weight excluding hydrogens is 230 g/mol. The Morgan fingerprint density at radius 1 is 1.25 bits per heavy atom. The minimum Gasteiger partial charge on any atom is -0.317 e. The number of carbonyl (C=O) groups is 1. The highest BCUT2D eigenvalue weighted by Gasteiger charge is 2.34. The average molecular weight is 249 g/mol. The third-order valence-corrected chi connectivity index (χ3v) is 4.64. The number of amides is 1. The molecule has 1 amide bonds. The van der Waals surface area contributed by atoms with Crippen molar-refractivity contribution in [3.05, 3.63) is 0 Å². The molecule has 0 aliphatic carbocycles. The zero-order chi connectivity index (χ0) is 12.3. The van der Waals surface area contributed by atoms with Crippen molar-refractivity contribution in [2.75, 3.05) is 27.2 Å². The van der Waals surface area contributed by atoms with Crippen molar-refractivity contribution in [2.45, 2.75) is 25.8 Å². The van der Waals surface area contributed by atoms with E-state index < -0.39 is 16.1 Å². The summed E-state index contributed by atoms with van der Waals surface area (Å²) in [6, 6.07) is -0.217. The van der Waals surface area contributed by atoms with Gasteiger partial charge in [0.2, 0.25) is 5.91 Å². The first-order chi connectivity index (χ1) is 7.37. The van der Waals surface area contributed by atoms with E-state index in [2.05, 4.69) is 5.32 Å². The van der Waals surface area contributed by atoms with Crippen molar-refractivity contribution in [2.24, 2.45) is 0 Å². The summed E-state index contributed by atoms with van der Waals surface area (Å²) in [5.74, 6) is -0.416. The maximum atomic E-state index is 12.0. The molecule has 94 valence electrons. The Balaban J connectivity index is 2.95. The second-order valence-corrected chi connectivity index (χ2v) is 6.11. The summed E-state index contributed by atoms with van der Waals surface area (Å²) < 4.78 is 26.1. The number of hydrogen-bond acceptors (Lipinski definition) is 4. The fraction of sp³-hybridized carbons (Fsp3) is 0.889. The van der Waals surface area contributed by atoms with Crippen LogP contribution in [0.4, 0.5) is 0 Å². The van der Waals surface area contributed by atoms with Crippen LogP contribution in [0.5, 0.6) is 0 Å². The van der Waals surface area contributed by atoms with Gasteiger partial charge in [0.25, 0.3) is 0 Å². The highest BCUT2D eigenvalue weighted by atomic mass is 32.2. The number of nitrogens with one attached hydrogen (secondary N) is 1. The first-order valence-corrected chi connectivity index (χ1v) is 6.70. The Morgan fingerprint density at radius 3 is 2.12 bits per heavy atom. The van der Waals surface area contributed by atoms with Crippen LogP contribution < -0.4 is 5.32 Å². The summed E-state index contributed by atoms with van der Waals surface area (Å²) in [7, 11) is -0.775. The lowest BCUT2D eigenvalue weighted by Gasteiger charge is -2.34. The molecule has 16 heavy (non-hydrogen) atoms. The van der Waals surface area contributed by atoms with Crippen LogP contribution in [0.3, 0.4) is 0 Å². The van der Waals surface area contributed by atoms with E-state index in [1.807, 2.05) is 0 Å². The predicted octanol–water partition coefficient (Wildman–Crippen LogP) is -0.607. The van der Waals surface area contributed by atoms with Crippen LogP contribution in [0.15, 0.2) is 0 Å². The van der Waals surface area contributed by atoms with E-state index in [9.17, 15) is 13.2 Å². The molecule has 0 aromatic rings. The van der Waals surface area contributed by atoms with Crippen LogP contribution >= 0.6 is 0 Å². The molecule has 0 saturated carbocycles. The predicted molar refractivity (Wildman–Crippen MR) is 61.0 cm³/mol. The van der Waals surface area contributed by atoms with E-state index in [1.54, 1.807) is 0 Å². The lowest BCUT2D eigenvalue weighted by atomic mass is 10.1. The Labute approximate surface area is 96.8 Å². The molecule has 6 nitrogen and oxygen atoms in total. The van der Waals surface area contributed by atoms with E-state index in [4.69, 9.17) is 0 Å². The Bertz CT molecular complexity index is 347. The van der Waals surface area contributed by atoms with Gasteiger partial charge in [0.05, 0.1) is 6.04 Å². The Morgan fingerprint density at radius 2 is 1.75 bits per heavy atom. The zero-order valence-electron chi connectivity index (χ0n) is 9.93. The molecule has 1 aliphatic rings. The molecule has 0 atom stereocenters. The molecule has 1 rings (SSSR count). The molecule has 0 aromatic heterocycles. The summed E-state index contributed by atoms with van der Waals surface area (Å²) in [4.78, 5) is 11.5. The number of nitrogens with zero attached hydrogens (tertiary/aromatic N) is 2. The number of hydrogen-bond donors (Lipinski definition) is 1. The van der Waals surface area contributed by atoms with Gasteiger partial charge in [0, 0.05) is 21.0 Å². The molecule has 0 radical (unpaired) electrons. The van der Waals surface area contributed by atoms with E-state index in [0.29, 0.717) is 12.8 Å². The molecule has 0 spiro atoms. The summed E-state index contributed by atoms with van der Waals surface area (Å²) in [5.41, 5.74) is 0. The van der Waals surface area contributed by atoms with Crippen molar-refractivity contribution in [1.29, 1.82) is 0 Å². The average Bonchev–Trinajstić information content (AvgIpc) is 2.18. The van der Waals surface area contributed by atoms with Gasteiger partial charge >= 0.3 is 10.2 Å². The third kappa shape index (κ3) is 2.72. The smallest absolute Gasteiger partial charge is 0.306 e. The molecule has 1 aliphatic heterocycles. The largest absolute Gasteiger partial charge is 0.317 e. The fourth-order valence-corrected chi connectivity index (χ4v) is 3.09. The highest BCUT2D eigenvalue weighted by Crippen LogP contribution is 2.17. The maximum Gasteiger partial charge on any atom is 0.306 e. The molecule has 1 N–H and O–H groups in total. The lowest BCUT2D eigenvalue weighted by molar-refractivity contribution is -0.126. The summed E-state index contributed by atoms with van der Waals surface area (Å²) in [6.07, 6.45) is 1.35. The van der Waals surface area contributed by atoms with Gasteiger partial charge in [-0.05, 0) is 25.9 Å². The van der Waals surface area contributed by atoms with Gasteiger partial charge in [-0.25, -0.2) is 4.31 Å². The molecule has 1 heterocycles. The Hall–Kier alpha value is -0.660. The van der Waals surface area contributed by atoms with Crippen LogP contribution in [-0.2, 0) is 15.0 Å². The standard InChI is InChI=1S/C9H19N3O3S/c1-8(13)12(16(14,15)11(2)3)9-4-6-10-7-5-9/h9-10H,4-7H2,1-3H3. The van der Waals surface area contributed by atoms with Crippen LogP contribution in [0, 0.1) is 0 Å². The molecule has 0 aromatic carbocycles. The Kier molecular flexibility index (Phi) is 4.28. The van der Waals surface area contributed by atoms with Crippen molar-refractivity contribution >= 4 is 16.1 Å². The topological polar surface area (TPSA) is 69.7 Å². The van der Waals surface area contributed by atoms with Gasteiger partial charge in [-0.1, -0.05) is 0 Å². The van der Waals surface area contributed by atoms with Crippen LogP contribution in [0.1, 0.15) is 19.8 Å². The van der Waals surface area contributed by atoms with E-state index >= 15 is 0 Å². The zero-order valence-corrected chi connectivity index (χ0v) is 10.7. The SMILES string of the molecule is CC(=O)N(C1CCNCC1)S(=O)(=O)N(C)C. The number of piperidine rings is 1. The van der Waals surface area contributed by atoms with E-state index in [1.165, 1.54) is 21.0 Å². The quantitative estimate of drug-likeness (QED) is 0.724. The van der Waals surface area contributed by atoms with Gasteiger partial charge in [-0.15, -0.1) is 0 Å². The molecule has 0 bridgehead atoms. The summed E-state index contributed by atoms with van der Waals surface area (Å²) in [6.45, 7) is 2.79. The van der Waals surface area contributed by atoms with Crippen molar-refractivity contribution in [1.82, 2.24) is 13.9 Å². The lowest BCUT2D eigenvalue weighted by Crippen LogP contribution is -2.51. The fourth-order valence-electron chi connectivity index (χ4n) is 1.83. The van der Waals surface area contributed by atoms with Gasteiger partial charge < -0.3 is 5.32 Å². The van der Waals surface area contributed by atoms with Crippen LogP contribution in [0.2, 0.25) is 0 Å². The van der Waals surface area contributed by atoms with Gasteiger partial charge in [0.1, 0.15) is 0 Å². The molecule has 1 saturated heterocycles. The normalized spacial score (nSPS) is 18.8. The maximum absolute atomic E-state index is 12.0. The number of rotatable bonds is 3. The van der Waals surface area contributed by atoms with Gasteiger partial charge in [-0.3, -0.25) is 4.79 Å². The first-order valence-electron chi connectivity index (χ1n) is 5.30.